The molecule has 0 saturated carbocycles. The molecule has 0 radical (unpaired) electrons. The summed E-state index contributed by atoms with van der Waals surface area (Å²) >= 11 is 0. The number of rotatable bonds is 3. The number of hydrogen-bond donors (Lipinski definition) is 3. The van der Waals surface area contributed by atoms with E-state index in [1.54, 1.807) is 25.3 Å². The van der Waals surface area contributed by atoms with Gasteiger partial charge in [-0.15, -0.1) is 0 Å². The topological polar surface area (TPSA) is 80.0 Å². The molecular weight excluding hydrogens is 216 g/mol. The Kier molecular flexibility index (Phi) is 3.93. The number of anilines is 2. The predicted molar refractivity (Wildman–Crippen MR) is 69.6 cm³/mol. The van der Waals surface area contributed by atoms with E-state index in [0.29, 0.717) is 11.5 Å². The van der Waals surface area contributed by atoms with E-state index in [2.05, 4.69) is 15.6 Å². The van der Waals surface area contributed by atoms with E-state index in [9.17, 15) is 4.79 Å². The van der Waals surface area contributed by atoms with Crippen LogP contribution in [0.5, 0.6) is 0 Å². The molecule has 1 rings (SSSR count). The van der Waals surface area contributed by atoms with Gasteiger partial charge < -0.3 is 16.4 Å². The smallest absolute Gasteiger partial charge is 0.242 e. The molecule has 4 N–H and O–H groups in total. The molecule has 0 aliphatic carbocycles. The van der Waals surface area contributed by atoms with E-state index in [4.69, 9.17) is 5.73 Å². The minimum Gasteiger partial charge on any atom is -0.399 e. The lowest BCUT2D eigenvalue weighted by Gasteiger charge is -2.23. The van der Waals surface area contributed by atoms with E-state index in [1.807, 2.05) is 20.8 Å². The lowest BCUT2D eigenvalue weighted by Crippen LogP contribution is -2.47. The minimum atomic E-state index is -0.358. The first-order valence-electron chi connectivity index (χ1n) is 5.58. The highest BCUT2D eigenvalue weighted by molar-refractivity contribution is 5.84. The van der Waals surface area contributed by atoms with Crippen LogP contribution in [0.25, 0.3) is 0 Å². The summed E-state index contributed by atoms with van der Waals surface area (Å²) in [6.45, 7) is 7.61. The number of carbonyl (C=O) groups is 1. The van der Waals surface area contributed by atoms with Crippen LogP contribution in [0.15, 0.2) is 18.3 Å². The number of pyridine rings is 1. The maximum atomic E-state index is 11.8. The van der Waals surface area contributed by atoms with E-state index >= 15 is 0 Å². The molecule has 1 amide bonds. The van der Waals surface area contributed by atoms with Crippen LogP contribution in [-0.4, -0.2) is 22.5 Å². The summed E-state index contributed by atoms with van der Waals surface area (Å²) in [7, 11) is 0. The zero-order valence-corrected chi connectivity index (χ0v) is 10.7. The van der Waals surface area contributed by atoms with Crippen molar-refractivity contribution in [1.29, 1.82) is 0 Å². The van der Waals surface area contributed by atoms with Crippen molar-refractivity contribution in [2.24, 2.45) is 0 Å². The highest BCUT2D eigenvalue weighted by atomic mass is 16.2. The van der Waals surface area contributed by atoms with Gasteiger partial charge in [0.2, 0.25) is 5.91 Å². The van der Waals surface area contributed by atoms with Crippen molar-refractivity contribution in [2.75, 3.05) is 11.1 Å². The summed E-state index contributed by atoms with van der Waals surface area (Å²) < 4.78 is 0. The van der Waals surface area contributed by atoms with Gasteiger partial charge in [0, 0.05) is 23.5 Å². The van der Waals surface area contributed by atoms with Crippen molar-refractivity contribution in [3.8, 4) is 0 Å². The first-order valence-corrected chi connectivity index (χ1v) is 5.58. The molecule has 1 heterocycles. The Morgan fingerprint density at radius 2 is 2.12 bits per heavy atom. The van der Waals surface area contributed by atoms with Crippen LogP contribution in [0.2, 0.25) is 0 Å². The molecule has 0 saturated heterocycles. The molecule has 1 aromatic heterocycles. The molecule has 5 nitrogen and oxygen atoms in total. The quantitative estimate of drug-likeness (QED) is 0.740. The SMILES string of the molecule is CC(Nc1cc(N)ccn1)C(=O)NC(C)(C)C. The highest BCUT2D eigenvalue weighted by Crippen LogP contribution is 2.09. The minimum absolute atomic E-state index is 0.0678. The van der Waals surface area contributed by atoms with Gasteiger partial charge in [-0.25, -0.2) is 4.98 Å². The Morgan fingerprint density at radius 1 is 1.47 bits per heavy atom. The number of nitrogens with one attached hydrogen (secondary N) is 2. The van der Waals surface area contributed by atoms with Crippen LogP contribution in [0.3, 0.4) is 0 Å². The average molecular weight is 236 g/mol. The van der Waals surface area contributed by atoms with Crippen molar-refractivity contribution in [2.45, 2.75) is 39.3 Å². The second kappa shape index (κ2) is 5.03. The summed E-state index contributed by atoms with van der Waals surface area (Å²) in [6, 6.07) is 3.04. The molecule has 0 fully saturated rings. The number of aromatic nitrogens is 1. The van der Waals surface area contributed by atoms with Gasteiger partial charge in [0.05, 0.1) is 0 Å². The molecule has 1 aromatic rings. The van der Waals surface area contributed by atoms with Crippen molar-refractivity contribution >= 4 is 17.4 Å². The Hall–Kier alpha value is -1.78. The maximum absolute atomic E-state index is 11.8. The molecule has 1 atom stereocenters. The first-order chi connectivity index (χ1) is 7.78. The monoisotopic (exact) mass is 236 g/mol. The second-order valence-corrected chi connectivity index (χ2v) is 5.08. The number of nitrogen functional groups attached to an aromatic ring is 1. The Morgan fingerprint density at radius 3 is 2.65 bits per heavy atom. The Bertz CT molecular complexity index is 398. The van der Waals surface area contributed by atoms with Gasteiger partial charge in [0.25, 0.3) is 0 Å². The van der Waals surface area contributed by atoms with Crippen molar-refractivity contribution in [3.63, 3.8) is 0 Å². The normalized spacial score (nSPS) is 12.9. The summed E-state index contributed by atoms with van der Waals surface area (Å²) in [5.74, 6) is 0.531. The molecule has 0 aromatic carbocycles. The molecule has 94 valence electrons. The van der Waals surface area contributed by atoms with E-state index in [1.165, 1.54) is 0 Å². The zero-order valence-electron chi connectivity index (χ0n) is 10.7. The van der Waals surface area contributed by atoms with Crippen molar-refractivity contribution in [1.82, 2.24) is 10.3 Å². The average Bonchev–Trinajstić information content (AvgIpc) is 2.14. The lowest BCUT2D eigenvalue weighted by molar-refractivity contribution is -0.122. The number of amides is 1. The van der Waals surface area contributed by atoms with Gasteiger partial charge in [-0.05, 0) is 33.8 Å². The molecule has 0 spiro atoms. The molecule has 17 heavy (non-hydrogen) atoms. The molecule has 1 unspecified atom stereocenters. The highest BCUT2D eigenvalue weighted by Gasteiger charge is 2.19. The zero-order chi connectivity index (χ0) is 13.1. The van der Waals surface area contributed by atoms with Gasteiger partial charge in [0.15, 0.2) is 0 Å². The molecule has 0 aliphatic heterocycles. The summed E-state index contributed by atoms with van der Waals surface area (Å²) in [5.41, 5.74) is 6.01. The van der Waals surface area contributed by atoms with Crippen molar-refractivity contribution < 1.29 is 4.79 Å². The third-order valence-corrected chi connectivity index (χ3v) is 2.04. The lowest BCUT2D eigenvalue weighted by atomic mass is 10.1. The standard InChI is InChI=1S/C12H20N4O/c1-8(11(17)16-12(2,3)4)15-10-7-9(13)5-6-14-10/h5-8H,1-4H3,(H,16,17)(H3,13,14,15). The Balaban J connectivity index is 2.60. The molecule has 5 heteroatoms. The fourth-order valence-electron chi connectivity index (χ4n) is 1.29. The van der Waals surface area contributed by atoms with Crippen LogP contribution >= 0.6 is 0 Å². The first kappa shape index (κ1) is 13.3. The van der Waals surface area contributed by atoms with Crippen LogP contribution in [0.1, 0.15) is 27.7 Å². The Labute approximate surface area is 102 Å². The second-order valence-electron chi connectivity index (χ2n) is 5.08. The van der Waals surface area contributed by atoms with Crippen molar-refractivity contribution in [3.05, 3.63) is 18.3 Å². The van der Waals surface area contributed by atoms with E-state index in [-0.39, 0.29) is 17.5 Å². The van der Waals surface area contributed by atoms with Crippen LogP contribution < -0.4 is 16.4 Å². The largest absolute Gasteiger partial charge is 0.399 e. The predicted octanol–water partition coefficient (Wildman–Crippen LogP) is 1.38. The van der Waals surface area contributed by atoms with Gasteiger partial charge in [0.1, 0.15) is 11.9 Å². The molecule has 0 aliphatic rings. The third-order valence-electron chi connectivity index (χ3n) is 2.04. The van der Waals surface area contributed by atoms with Crippen LogP contribution in [-0.2, 0) is 4.79 Å². The van der Waals surface area contributed by atoms with Gasteiger partial charge in [-0.2, -0.15) is 0 Å². The summed E-state index contributed by atoms with van der Waals surface area (Å²) in [4.78, 5) is 15.9. The number of hydrogen-bond acceptors (Lipinski definition) is 4. The summed E-state index contributed by atoms with van der Waals surface area (Å²) in [6.07, 6.45) is 1.60. The fraction of sp³-hybridized carbons (Fsp3) is 0.500. The van der Waals surface area contributed by atoms with Crippen LogP contribution in [0.4, 0.5) is 11.5 Å². The third kappa shape index (κ3) is 4.72. The fourth-order valence-corrected chi connectivity index (χ4v) is 1.29. The maximum Gasteiger partial charge on any atom is 0.242 e. The van der Waals surface area contributed by atoms with E-state index in [0.717, 1.165) is 0 Å². The molecule has 0 bridgehead atoms. The number of nitrogens with zero attached hydrogens (tertiary/aromatic N) is 1. The van der Waals surface area contributed by atoms with Crippen LogP contribution in [0, 0.1) is 0 Å². The van der Waals surface area contributed by atoms with E-state index < -0.39 is 0 Å². The number of carbonyl (C=O) groups excluding carboxylic acids is 1. The van der Waals surface area contributed by atoms with Gasteiger partial charge in [-0.1, -0.05) is 0 Å². The van der Waals surface area contributed by atoms with Gasteiger partial charge in [-0.3, -0.25) is 4.79 Å². The summed E-state index contributed by atoms with van der Waals surface area (Å²) in [5, 5.41) is 5.90. The molecular formula is C12H20N4O. The number of nitrogens with two attached hydrogens (primary N) is 1. The van der Waals surface area contributed by atoms with Gasteiger partial charge >= 0.3 is 0 Å².